The summed E-state index contributed by atoms with van der Waals surface area (Å²) in [6, 6.07) is 14.8. The summed E-state index contributed by atoms with van der Waals surface area (Å²) in [6.45, 7) is 1.43. The van der Waals surface area contributed by atoms with Crippen LogP contribution in [0.3, 0.4) is 0 Å². The van der Waals surface area contributed by atoms with Crippen molar-refractivity contribution in [2.45, 2.75) is 12.1 Å². The lowest BCUT2D eigenvalue weighted by Gasteiger charge is -2.07. The number of aromatic nitrogens is 3. The number of thioether (sulfide) groups is 1. The molecule has 0 saturated heterocycles. The van der Waals surface area contributed by atoms with Gasteiger partial charge >= 0.3 is 0 Å². The normalized spacial score (nSPS) is 10.8. The summed E-state index contributed by atoms with van der Waals surface area (Å²) in [5, 5.41) is 14.8. The quantitative estimate of drug-likeness (QED) is 0.418. The number of para-hydroxylation sites is 1. The van der Waals surface area contributed by atoms with E-state index in [0.717, 1.165) is 28.2 Å². The van der Waals surface area contributed by atoms with Gasteiger partial charge in [-0.15, -0.1) is 10.2 Å². The van der Waals surface area contributed by atoms with E-state index in [9.17, 15) is 9.59 Å². The van der Waals surface area contributed by atoms with Crippen molar-refractivity contribution in [2.24, 2.45) is 0 Å². The Labute approximate surface area is 170 Å². The number of hydrogen-bond donors (Lipinski definition) is 3. The fourth-order valence-corrected chi connectivity index (χ4v) is 3.39. The maximum atomic E-state index is 12.2. The van der Waals surface area contributed by atoms with Crippen LogP contribution < -0.4 is 10.6 Å². The van der Waals surface area contributed by atoms with Crippen LogP contribution in [-0.2, 0) is 9.59 Å². The van der Waals surface area contributed by atoms with E-state index in [1.165, 1.54) is 6.92 Å². The van der Waals surface area contributed by atoms with Crippen molar-refractivity contribution in [3.05, 3.63) is 54.7 Å². The van der Waals surface area contributed by atoms with Gasteiger partial charge in [-0.1, -0.05) is 36.0 Å². The van der Waals surface area contributed by atoms with Crippen LogP contribution in [0.15, 0.2) is 64.4 Å². The summed E-state index contributed by atoms with van der Waals surface area (Å²) in [5.74, 6) is 0.112. The van der Waals surface area contributed by atoms with E-state index in [2.05, 4.69) is 25.8 Å². The first-order valence-corrected chi connectivity index (χ1v) is 9.77. The van der Waals surface area contributed by atoms with Crippen LogP contribution in [-0.4, -0.2) is 32.7 Å². The highest BCUT2D eigenvalue weighted by atomic mass is 32.2. The molecule has 2 amide bonds. The zero-order valence-corrected chi connectivity index (χ0v) is 16.2. The molecule has 2 aromatic carbocycles. The number of hydrogen-bond acceptors (Lipinski definition) is 6. The highest BCUT2D eigenvalue weighted by Crippen LogP contribution is 2.29. The number of anilines is 2. The van der Waals surface area contributed by atoms with Gasteiger partial charge in [-0.25, -0.2) is 0 Å². The average molecular weight is 407 g/mol. The predicted molar refractivity (Wildman–Crippen MR) is 112 cm³/mol. The van der Waals surface area contributed by atoms with Crippen LogP contribution in [0.25, 0.3) is 22.4 Å². The lowest BCUT2D eigenvalue weighted by atomic mass is 10.2. The van der Waals surface area contributed by atoms with Gasteiger partial charge in [0, 0.05) is 35.4 Å². The monoisotopic (exact) mass is 407 g/mol. The van der Waals surface area contributed by atoms with E-state index in [4.69, 9.17) is 4.42 Å². The lowest BCUT2D eigenvalue weighted by molar-refractivity contribution is -0.114. The maximum absolute atomic E-state index is 12.2. The number of aromatic amines is 1. The average Bonchev–Trinajstić information content (AvgIpc) is 3.33. The van der Waals surface area contributed by atoms with Crippen molar-refractivity contribution in [3.8, 4) is 11.5 Å². The molecule has 0 aliphatic rings. The molecule has 0 spiro atoms. The van der Waals surface area contributed by atoms with Crippen LogP contribution in [0.4, 0.5) is 11.4 Å². The molecule has 146 valence electrons. The molecule has 29 heavy (non-hydrogen) atoms. The van der Waals surface area contributed by atoms with Gasteiger partial charge in [-0.2, -0.15) is 0 Å². The first kappa shape index (κ1) is 18.8. The van der Waals surface area contributed by atoms with E-state index in [1.54, 1.807) is 24.3 Å². The summed E-state index contributed by atoms with van der Waals surface area (Å²) in [6.07, 6.45) is 1.82. The fraction of sp³-hybridized carbons (Fsp3) is 0.100. The Morgan fingerprint density at radius 2 is 1.86 bits per heavy atom. The summed E-state index contributed by atoms with van der Waals surface area (Å²) in [4.78, 5) is 26.5. The zero-order valence-electron chi connectivity index (χ0n) is 15.4. The minimum Gasteiger partial charge on any atom is -0.411 e. The number of amides is 2. The number of benzene rings is 2. The molecule has 4 aromatic rings. The Kier molecular flexibility index (Phi) is 5.30. The van der Waals surface area contributed by atoms with E-state index in [1.807, 2.05) is 30.5 Å². The van der Waals surface area contributed by atoms with Crippen molar-refractivity contribution in [2.75, 3.05) is 16.4 Å². The molecule has 3 N–H and O–H groups in total. The van der Waals surface area contributed by atoms with Crippen LogP contribution in [0, 0.1) is 0 Å². The van der Waals surface area contributed by atoms with E-state index in [-0.39, 0.29) is 17.6 Å². The smallest absolute Gasteiger partial charge is 0.277 e. The Bertz CT molecular complexity index is 1180. The van der Waals surface area contributed by atoms with E-state index >= 15 is 0 Å². The van der Waals surface area contributed by atoms with Crippen molar-refractivity contribution >= 4 is 45.9 Å². The van der Waals surface area contributed by atoms with Gasteiger partial charge in [0.05, 0.1) is 11.3 Å². The minimum absolute atomic E-state index is 0.111. The molecule has 9 heteroatoms. The van der Waals surface area contributed by atoms with Gasteiger partial charge in [-0.3, -0.25) is 9.59 Å². The van der Waals surface area contributed by atoms with Gasteiger partial charge in [0.25, 0.3) is 11.1 Å². The molecule has 2 aromatic heterocycles. The second-order valence-corrected chi connectivity index (χ2v) is 7.15. The van der Waals surface area contributed by atoms with Gasteiger partial charge in [0.15, 0.2) is 0 Å². The van der Waals surface area contributed by atoms with Gasteiger partial charge < -0.3 is 20.0 Å². The number of H-pyrrole nitrogens is 1. The first-order valence-electron chi connectivity index (χ1n) is 8.79. The summed E-state index contributed by atoms with van der Waals surface area (Å²) in [5.41, 5.74) is 3.00. The van der Waals surface area contributed by atoms with Gasteiger partial charge in [0.2, 0.25) is 11.8 Å². The molecular weight excluding hydrogens is 390 g/mol. The summed E-state index contributed by atoms with van der Waals surface area (Å²) < 4.78 is 5.69. The van der Waals surface area contributed by atoms with Crippen molar-refractivity contribution in [1.82, 2.24) is 15.2 Å². The first-order chi connectivity index (χ1) is 14.1. The lowest BCUT2D eigenvalue weighted by Crippen LogP contribution is -2.14. The molecule has 0 atom stereocenters. The molecule has 0 aliphatic carbocycles. The Hall–Kier alpha value is -3.59. The number of nitrogens with zero attached hydrogens (tertiary/aromatic N) is 2. The van der Waals surface area contributed by atoms with Crippen LogP contribution in [0.5, 0.6) is 0 Å². The standard InChI is InChI=1S/C20H17N5O3S/c1-12(26)22-13-5-4-6-14(9-13)23-18(27)11-29-20-25-24-19(28-20)16-10-21-17-8-3-2-7-15(16)17/h2-10,21H,11H2,1H3,(H,22,26)(H,23,27). The number of rotatable bonds is 6. The highest BCUT2D eigenvalue weighted by molar-refractivity contribution is 7.99. The number of carbonyl (C=O) groups is 2. The van der Waals surface area contributed by atoms with E-state index in [0.29, 0.717) is 22.5 Å². The molecule has 0 fully saturated rings. The van der Waals surface area contributed by atoms with Crippen LogP contribution >= 0.6 is 11.8 Å². The molecule has 8 nitrogen and oxygen atoms in total. The van der Waals surface area contributed by atoms with Gasteiger partial charge in [-0.05, 0) is 24.3 Å². The Morgan fingerprint density at radius 3 is 2.69 bits per heavy atom. The van der Waals surface area contributed by atoms with Crippen LogP contribution in [0.1, 0.15) is 6.92 Å². The Morgan fingerprint density at radius 1 is 1.07 bits per heavy atom. The second kappa shape index (κ2) is 8.19. The molecule has 2 heterocycles. The van der Waals surface area contributed by atoms with Crippen molar-refractivity contribution in [3.63, 3.8) is 0 Å². The molecule has 0 bridgehead atoms. The maximum Gasteiger partial charge on any atom is 0.277 e. The molecule has 0 unspecified atom stereocenters. The predicted octanol–water partition coefficient (Wildman–Crippen LogP) is 3.91. The Balaban J connectivity index is 1.37. The topological polar surface area (TPSA) is 113 Å². The second-order valence-electron chi connectivity index (χ2n) is 6.22. The fourth-order valence-electron chi connectivity index (χ4n) is 2.83. The summed E-state index contributed by atoms with van der Waals surface area (Å²) >= 11 is 1.15. The van der Waals surface area contributed by atoms with E-state index < -0.39 is 0 Å². The van der Waals surface area contributed by atoms with Crippen molar-refractivity contribution in [1.29, 1.82) is 0 Å². The third kappa shape index (κ3) is 4.46. The number of carbonyl (C=O) groups excluding carboxylic acids is 2. The molecular formula is C20H17N5O3S. The van der Waals surface area contributed by atoms with Crippen molar-refractivity contribution < 1.29 is 14.0 Å². The third-order valence-corrected chi connectivity index (χ3v) is 4.84. The number of nitrogens with one attached hydrogen (secondary N) is 3. The molecule has 4 rings (SSSR count). The minimum atomic E-state index is -0.221. The number of fused-ring (bicyclic) bond motifs is 1. The molecule has 0 aliphatic heterocycles. The highest BCUT2D eigenvalue weighted by Gasteiger charge is 2.14. The SMILES string of the molecule is CC(=O)Nc1cccc(NC(=O)CSc2nnc(-c3c[nH]c4ccccc34)o2)c1. The molecule has 0 saturated carbocycles. The van der Waals surface area contributed by atoms with Crippen LogP contribution in [0.2, 0.25) is 0 Å². The summed E-state index contributed by atoms with van der Waals surface area (Å²) in [7, 11) is 0. The largest absolute Gasteiger partial charge is 0.411 e. The zero-order chi connectivity index (χ0) is 20.2. The third-order valence-electron chi connectivity index (χ3n) is 4.02. The van der Waals surface area contributed by atoms with Gasteiger partial charge in [0.1, 0.15) is 0 Å². The molecule has 0 radical (unpaired) electrons.